The topological polar surface area (TPSA) is 0 Å². The predicted octanol–water partition coefficient (Wildman–Crippen LogP) is 4.51. The lowest BCUT2D eigenvalue weighted by atomic mass is 10.0. The minimum atomic E-state index is -3.92. The molecule has 2 atom stereocenters. The second-order valence-corrected chi connectivity index (χ2v) is 4.64. The fraction of sp³-hybridized carbons (Fsp3) is 0.200. The highest BCUT2D eigenvalue weighted by molar-refractivity contribution is 5.64. The van der Waals surface area contributed by atoms with E-state index in [9.17, 15) is 17.6 Å². The molecular weight excluding hydrogens is 256 g/mol. The standard InChI is InChI=1S/C15H10F4/c16-13-14(17,15(13,18)19)12-8-6-11(7-9-12)10-4-2-1-3-5-10/h1-9,13H/t13-,14+/m1/s1. The molecule has 0 saturated heterocycles. The van der Waals surface area contributed by atoms with Crippen molar-refractivity contribution in [2.24, 2.45) is 0 Å². The van der Waals surface area contributed by atoms with Gasteiger partial charge in [-0.25, -0.2) is 8.78 Å². The summed E-state index contributed by atoms with van der Waals surface area (Å²) in [6.45, 7) is 0. The lowest BCUT2D eigenvalue weighted by Gasteiger charge is -2.07. The molecule has 0 radical (unpaired) electrons. The van der Waals surface area contributed by atoms with Crippen molar-refractivity contribution in [1.29, 1.82) is 0 Å². The third kappa shape index (κ3) is 1.59. The van der Waals surface area contributed by atoms with Crippen LogP contribution in [0.1, 0.15) is 5.56 Å². The molecule has 0 nitrogen and oxygen atoms in total. The predicted molar refractivity (Wildman–Crippen MR) is 64.5 cm³/mol. The van der Waals surface area contributed by atoms with Gasteiger partial charge < -0.3 is 0 Å². The van der Waals surface area contributed by atoms with E-state index in [2.05, 4.69) is 0 Å². The van der Waals surface area contributed by atoms with E-state index in [1.807, 2.05) is 30.3 Å². The van der Waals surface area contributed by atoms with Crippen LogP contribution in [0.2, 0.25) is 0 Å². The Morgan fingerprint density at radius 2 is 1.21 bits per heavy atom. The summed E-state index contributed by atoms with van der Waals surface area (Å²) < 4.78 is 52.6. The van der Waals surface area contributed by atoms with Crippen LogP contribution in [0.5, 0.6) is 0 Å². The highest BCUT2D eigenvalue weighted by Gasteiger charge is 2.85. The van der Waals surface area contributed by atoms with Crippen LogP contribution in [0.15, 0.2) is 54.6 Å². The van der Waals surface area contributed by atoms with Gasteiger partial charge in [0.1, 0.15) is 0 Å². The van der Waals surface area contributed by atoms with Crippen molar-refractivity contribution in [3.05, 3.63) is 60.2 Å². The molecule has 0 bridgehead atoms. The largest absolute Gasteiger partial charge is 0.323 e. The molecule has 1 saturated carbocycles. The van der Waals surface area contributed by atoms with Crippen LogP contribution in [0, 0.1) is 0 Å². The average Bonchev–Trinajstić information content (AvgIpc) is 2.85. The molecule has 1 aliphatic rings. The summed E-state index contributed by atoms with van der Waals surface area (Å²) >= 11 is 0. The Kier molecular flexibility index (Phi) is 2.46. The molecule has 0 heterocycles. The van der Waals surface area contributed by atoms with Crippen LogP contribution < -0.4 is 0 Å². The third-order valence-electron chi connectivity index (χ3n) is 3.48. The minimum Gasteiger partial charge on any atom is -0.236 e. The van der Waals surface area contributed by atoms with Crippen molar-refractivity contribution in [3.8, 4) is 11.1 Å². The Morgan fingerprint density at radius 3 is 1.68 bits per heavy atom. The highest BCUT2D eigenvalue weighted by atomic mass is 19.3. The van der Waals surface area contributed by atoms with Gasteiger partial charge >= 0.3 is 5.92 Å². The van der Waals surface area contributed by atoms with Crippen LogP contribution in [-0.2, 0) is 5.67 Å². The third-order valence-corrected chi connectivity index (χ3v) is 3.48. The smallest absolute Gasteiger partial charge is 0.236 e. The lowest BCUT2D eigenvalue weighted by Crippen LogP contribution is -2.09. The molecule has 4 heteroatoms. The van der Waals surface area contributed by atoms with Gasteiger partial charge in [-0.05, 0) is 16.7 Å². The van der Waals surface area contributed by atoms with E-state index >= 15 is 0 Å². The van der Waals surface area contributed by atoms with Gasteiger partial charge in [0.15, 0.2) is 0 Å². The van der Waals surface area contributed by atoms with Crippen LogP contribution in [-0.4, -0.2) is 12.1 Å². The average molecular weight is 266 g/mol. The first-order chi connectivity index (χ1) is 8.98. The summed E-state index contributed by atoms with van der Waals surface area (Å²) in [5, 5.41) is 0. The molecule has 0 aliphatic heterocycles. The molecule has 0 unspecified atom stereocenters. The lowest BCUT2D eigenvalue weighted by molar-refractivity contribution is 0.0365. The van der Waals surface area contributed by atoms with Crippen molar-refractivity contribution in [2.75, 3.05) is 0 Å². The zero-order chi connectivity index (χ0) is 13.7. The number of hydrogen-bond acceptors (Lipinski definition) is 0. The SMILES string of the molecule is F[C@H]1C(F)(F)[C@]1(F)c1ccc(-c2ccccc2)cc1. The van der Waals surface area contributed by atoms with Gasteiger partial charge in [-0.1, -0.05) is 54.6 Å². The van der Waals surface area contributed by atoms with Gasteiger partial charge in [0.2, 0.25) is 11.8 Å². The van der Waals surface area contributed by atoms with E-state index in [4.69, 9.17) is 0 Å². The number of alkyl halides is 4. The summed E-state index contributed by atoms with van der Waals surface area (Å²) in [6.07, 6.45) is -2.75. The zero-order valence-electron chi connectivity index (χ0n) is 9.79. The maximum Gasteiger partial charge on any atom is 0.323 e. The minimum absolute atomic E-state index is 0.315. The fourth-order valence-electron chi connectivity index (χ4n) is 2.21. The Balaban J connectivity index is 1.93. The van der Waals surface area contributed by atoms with Gasteiger partial charge in [-0.15, -0.1) is 0 Å². The Bertz CT molecular complexity index is 591. The van der Waals surface area contributed by atoms with Gasteiger partial charge in [0.25, 0.3) is 0 Å². The van der Waals surface area contributed by atoms with Gasteiger partial charge in [-0.3, -0.25) is 0 Å². The van der Waals surface area contributed by atoms with E-state index < -0.39 is 17.8 Å². The van der Waals surface area contributed by atoms with Crippen molar-refractivity contribution in [3.63, 3.8) is 0 Å². The first kappa shape index (κ1) is 12.2. The molecule has 1 aliphatic carbocycles. The number of benzene rings is 2. The second-order valence-electron chi connectivity index (χ2n) is 4.64. The summed E-state index contributed by atoms with van der Waals surface area (Å²) in [7, 11) is 0. The van der Waals surface area contributed by atoms with Crippen LogP contribution in [0.25, 0.3) is 11.1 Å². The summed E-state index contributed by atoms with van der Waals surface area (Å²) in [5.74, 6) is -3.92. The molecule has 0 N–H and O–H groups in total. The maximum atomic E-state index is 13.8. The van der Waals surface area contributed by atoms with Crippen molar-refractivity contribution >= 4 is 0 Å². The highest BCUT2D eigenvalue weighted by Crippen LogP contribution is 2.64. The van der Waals surface area contributed by atoms with E-state index in [1.165, 1.54) is 24.3 Å². The molecule has 2 aromatic rings. The summed E-state index contributed by atoms with van der Waals surface area (Å²) in [5.41, 5.74) is -1.82. The Hall–Kier alpha value is -1.84. The van der Waals surface area contributed by atoms with Crippen molar-refractivity contribution < 1.29 is 17.6 Å². The number of rotatable bonds is 2. The van der Waals surface area contributed by atoms with E-state index in [1.54, 1.807) is 0 Å². The molecule has 98 valence electrons. The molecule has 2 aromatic carbocycles. The molecule has 1 fully saturated rings. The summed E-state index contributed by atoms with van der Waals surface area (Å²) in [6, 6.07) is 14.7. The molecule has 0 aromatic heterocycles. The fourth-order valence-corrected chi connectivity index (χ4v) is 2.21. The molecule has 0 spiro atoms. The monoisotopic (exact) mass is 266 g/mol. The van der Waals surface area contributed by atoms with Gasteiger partial charge in [0, 0.05) is 0 Å². The first-order valence-corrected chi connectivity index (χ1v) is 5.84. The quantitative estimate of drug-likeness (QED) is 0.702. The van der Waals surface area contributed by atoms with Gasteiger partial charge in [0.05, 0.1) is 0 Å². The summed E-state index contributed by atoms with van der Waals surface area (Å²) in [4.78, 5) is 0. The zero-order valence-corrected chi connectivity index (χ0v) is 9.79. The normalized spacial score (nSPS) is 28.1. The first-order valence-electron chi connectivity index (χ1n) is 5.84. The molecule has 0 amide bonds. The van der Waals surface area contributed by atoms with Gasteiger partial charge in [-0.2, -0.15) is 8.78 Å². The van der Waals surface area contributed by atoms with Crippen LogP contribution in [0.4, 0.5) is 17.6 Å². The number of hydrogen-bond donors (Lipinski definition) is 0. The maximum absolute atomic E-state index is 13.8. The molecular formula is C15H10F4. The Labute approximate surface area is 107 Å². The van der Waals surface area contributed by atoms with Crippen LogP contribution >= 0.6 is 0 Å². The van der Waals surface area contributed by atoms with E-state index in [0.29, 0.717) is 0 Å². The second kappa shape index (κ2) is 3.83. The van der Waals surface area contributed by atoms with E-state index in [-0.39, 0.29) is 5.56 Å². The molecule has 19 heavy (non-hydrogen) atoms. The molecule has 3 rings (SSSR count). The van der Waals surface area contributed by atoms with Crippen molar-refractivity contribution in [2.45, 2.75) is 17.8 Å². The van der Waals surface area contributed by atoms with Crippen LogP contribution in [0.3, 0.4) is 0 Å². The Morgan fingerprint density at radius 1 is 0.737 bits per heavy atom. The number of halogens is 4. The van der Waals surface area contributed by atoms with E-state index in [0.717, 1.165) is 11.1 Å². The van der Waals surface area contributed by atoms with Crippen molar-refractivity contribution in [1.82, 2.24) is 0 Å².